The topological polar surface area (TPSA) is 57.8 Å². The number of carbonyl (C=O) groups excluding carboxylic acids is 1. The van der Waals surface area contributed by atoms with Crippen LogP contribution in [-0.2, 0) is 4.79 Å². The molecule has 0 spiro atoms. The molecule has 0 aliphatic rings. The molecule has 0 aliphatic carbocycles. The van der Waals surface area contributed by atoms with Crippen LogP contribution < -0.4 is 5.32 Å². The van der Waals surface area contributed by atoms with Gasteiger partial charge >= 0.3 is 12.3 Å². The van der Waals surface area contributed by atoms with Crippen LogP contribution >= 0.6 is 0 Å². The predicted molar refractivity (Wildman–Crippen MR) is 63.6 cm³/mol. The normalized spacial score (nSPS) is 13.7. The minimum Gasteiger partial charge on any atom is -0.341 e. The summed E-state index contributed by atoms with van der Waals surface area (Å²) in [5.41, 5.74) is 1.24. The molecule has 0 radical (unpaired) electrons. The number of imidazole rings is 1. The summed E-state index contributed by atoms with van der Waals surface area (Å²) in [4.78, 5) is 18.0. The van der Waals surface area contributed by atoms with Crippen molar-refractivity contribution in [2.45, 2.75) is 25.3 Å². The number of benzene rings is 1. The Kier molecular flexibility index (Phi) is 3.65. The summed E-state index contributed by atoms with van der Waals surface area (Å²) >= 11 is 0. The van der Waals surface area contributed by atoms with E-state index >= 15 is 0 Å². The van der Waals surface area contributed by atoms with Crippen molar-refractivity contribution in [1.29, 1.82) is 0 Å². The van der Waals surface area contributed by atoms with E-state index in [0.29, 0.717) is 11.0 Å². The largest absolute Gasteiger partial charge is 0.383 e. The number of alkyl halides is 4. The van der Waals surface area contributed by atoms with Gasteiger partial charge in [0.2, 0.25) is 0 Å². The second-order valence-electron chi connectivity index (χ2n) is 4.26. The van der Waals surface area contributed by atoms with Crippen LogP contribution in [-0.4, -0.2) is 28.2 Å². The van der Waals surface area contributed by atoms with Gasteiger partial charge in [-0.2, -0.15) is 8.78 Å². The first-order valence-corrected chi connectivity index (χ1v) is 5.74. The van der Waals surface area contributed by atoms with Crippen LogP contribution in [0.5, 0.6) is 0 Å². The number of fused-ring (bicyclic) bond motifs is 1. The van der Waals surface area contributed by atoms with Crippen molar-refractivity contribution in [3.8, 4) is 0 Å². The van der Waals surface area contributed by atoms with E-state index in [1.165, 1.54) is 6.92 Å². The van der Waals surface area contributed by atoms with Gasteiger partial charge in [0, 0.05) is 0 Å². The summed E-state index contributed by atoms with van der Waals surface area (Å²) in [7, 11) is 0. The molecule has 2 rings (SSSR count). The van der Waals surface area contributed by atoms with Crippen molar-refractivity contribution in [2.75, 3.05) is 0 Å². The lowest BCUT2D eigenvalue weighted by molar-refractivity contribution is -0.170. The fraction of sp³-hybridized carbons (Fsp3) is 0.333. The first-order valence-electron chi connectivity index (χ1n) is 5.74. The highest BCUT2D eigenvalue weighted by Crippen LogP contribution is 2.24. The number of halogens is 4. The lowest BCUT2D eigenvalue weighted by Gasteiger charge is -2.17. The van der Waals surface area contributed by atoms with Crippen molar-refractivity contribution in [3.05, 3.63) is 30.1 Å². The first kappa shape index (κ1) is 14.3. The number of hydrogen-bond donors (Lipinski definition) is 2. The van der Waals surface area contributed by atoms with Crippen molar-refractivity contribution in [3.63, 3.8) is 0 Å². The summed E-state index contributed by atoms with van der Waals surface area (Å²) in [5.74, 6) is -6.54. The number of hydrogen-bond acceptors (Lipinski definition) is 2. The van der Waals surface area contributed by atoms with Gasteiger partial charge < -0.3 is 10.3 Å². The van der Waals surface area contributed by atoms with E-state index in [0.717, 1.165) is 0 Å². The Bertz CT molecular complexity index is 593. The van der Waals surface area contributed by atoms with Crippen LogP contribution in [0.15, 0.2) is 24.3 Å². The van der Waals surface area contributed by atoms with Crippen molar-refractivity contribution in [2.24, 2.45) is 0 Å². The van der Waals surface area contributed by atoms with Gasteiger partial charge in [0.25, 0.3) is 5.91 Å². The number of aromatic nitrogens is 2. The molecule has 108 valence electrons. The van der Waals surface area contributed by atoms with E-state index in [2.05, 4.69) is 9.97 Å². The Hall–Kier alpha value is -2.12. The molecule has 2 aromatic rings. The monoisotopic (exact) mass is 289 g/mol. The average molecular weight is 289 g/mol. The van der Waals surface area contributed by atoms with Crippen molar-refractivity contribution >= 4 is 16.9 Å². The minimum atomic E-state index is -4.72. The maximum Gasteiger partial charge on any atom is 0.383 e. The Morgan fingerprint density at radius 1 is 1.35 bits per heavy atom. The second-order valence-corrected chi connectivity index (χ2v) is 4.26. The molecule has 4 nitrogen and oxygen atoms in total. The van der Waals surface area contributed by atoms with E-state index in [4.69, 9.17) is 0 Å². The Morgan fingerprint density at radius 3 is 2.60 bits per heavy atom. The zero-order valence-electron chi connectivity index (χ0n) is 10.3. The van der Waals surface area contributed by atoms with Gasteiger partial charge in [0.05, 0.1) is 17.1 Å². The average Bonchev–Trinajstić information content (AvgIpc) is 2.82. The summed E-state index contributed by atoms with van der Waals surface area (Å²) in [6.07, 6.45) is -4.05. The molecule has 1 aromatic heterocycles. The third-order valence-corrected chi connectivity index (χ3v) is 2.74. The minimum absolute atomic E-state index is 0.213. The van der Waals surface area contributed by atoms with E-state index in [-0.39, 0.29) is 5.82 Å². The van der Waals surface area contributed by atoms with Crippen LogP contribution in [0.4, 0.5) is 17.6 Å². The van der Waals surface area contributed by atoms with E-state index in [9.17, 15) is 22.4 Å². The molecule has 1 heterocycles. The fourth-order valence-electron chi connectivity index (χ4n) is 1.64. The van der Waals surface area contributed by atoms with Gasteiger partial charge in [0.15, 0.2) is 0 Å². The van der Waals surface area contributed by atoms with Crippen LogP contribution in [0.3, 0.4) is 0 Å². The van der Waals surface area contributed by atoms with Crippen LogP contribution in [0.1, 0.15) is 18.8 Å². The van der Waals surface area contributed by atoms with Crippen molar-refractivity contribution in [1.82, 2.24) is 15.3 Å². The van der Waals surface area contributed by atoms with Crippen LogP contribution in [0, 0.1) is 0 Å². The van der Waals surface area contributed by atoms with Gasteiger partial charge in [0.1, 0.15) is 5.82 Å². The smallest absolute Gasteiger partial charge is 0.341 e. The quantitative estimate of drug-likeness (QED) is 0.850. The van der Waals surface area contributed by atoms with E-state index in [1.807, 2.05) is 5.32 Å². The van der Waals surface area contributed by atoms with Gasteiger partial charge in [-0.15, -0.1) is 0 Å². The zero-order valence-corrected chi connectivity index (χ0v) is 10.3. The van der Waals surface area contributed by atoms with Gasteiger partial charge in [-0.25, -0.2) is 13.8 Å². The molecule has 0 saturated heterocycles. The molecule has 1 aromatic carbocycles. The number of nitrogens with one attached hydrogen (secondary N) is 2. The maximum atomic E-state index is 12.8. The highest BCUT2D eigenvalue weighted by Gasteiger charge is 2.49. The summed E-state index contributed by atoms with van der Waals surface area (Å²) in [6.45, 7) is 1.37. The summed E-state index contributed by atoms with van der Waals surface area (Å²) in [5, 5.41) is 1.82. The Labute approximate surface area is 111 Å². The molecule has 1 unspecified atom stereocenters. The molecule has 8 heteroatoms. The molecule has 0 fully saturated rings. The third kappa shape index (κ3) is 2.59. The molecule has 0 aliphatic heterocycles. The maximum absolute atomic E-state index is 12.8. The molecular weight excluding hydrogens is 278 g/mol. The number of amides is 1. The number of nitrogens with zero attached hydrogens (tertiary/aromatic N) is 1. The molecular formula is C12H11F4N3O. The third-order valence-electron chi connectivity index (χ3n) is 2.74. The number of aromatic amines is 1. The molecule has 0 bridgehead atoms. The van der Waals surface area contributed by atoms with Crippen LogP contribution in [0.25, 0.3) is 11.0 Å². The summed E-state index contributed by atoms with van der Waals surface area (Å²) < 4.78 is 49.8. The number of H-pyrrole nitrogens is 1. The lowest BCUT2D eigenvalue weighted by atomic mass is 10.2. The zero-order chi connectivity index (χ0) is 14.9. The highest BCUT2D eigenvalue weighted by molar-refractivity contribution is 5.84. The van der Waals surface area contributed by atoms with Crippen molar-refractivity contribution < 1.29 is 22.4 Å². The predicted octanol–water partition coefficient (Wildman–Crippen LogP) is 2.64. The second kappa shape index (κ2) is 5.10. The Morgan fingerprint density at radius 2 is 2.00 bits per heavy atom. The molecule has 1 atom stereocenters. The van der Waals surface area contributed by atoms with Crippen LogP contribution in [0.2, 0.25) is 0 Å². The number of rotatable bonds is 4. The lowest BCUT2D eigenvalue weighted by Crippen LogP contribution is -2.46. The SMILES string of the molecule is CC(NC(=O)C(F)(F)C(F)F)c1nc2ccccc2[nH]1. The molecule has 0 saturated carbocycles. The summed E-state index contributed by atoms with van der Waals surface area (Å²) in [6, 6.07) is 5.95. The standard InChI is InChI=1S/C12H11F4N3O/c1-6(17-11(20)12(15,16)10(13)14)9-18-7-4-2-3-5-8(7)19-9/h2-6,10H,1H3,(H,17,20)(H,18,19). The highest BCUT2D eigenvalue weighted by atomic mass is 19.3. The molecule has 1 amide bonds. The number of carbonyl (C=O) groups is 1. The van der Waals surface area contributed by atoms with Gasteiger partial charge in [-0.3, -0.25) is 4.79 Å². The molecule has 20 heavy (non-hydrogen) atoms. The van der Waals surface area contributed by atoms with E-state index in [1.54, 1.807) is 24.3 Å². The number of para-hydroxylation sites is 2. The molecule has 2 N–H and O–H groups in total. The van der Waals surface area contributed by atoms with E-state index < -0.39 is 24.3 Å². The van der Waals surface area contributed by atoms with Gasteiger partial charge in [-0.1, -0.05) is 12.1 Å². The van der Waals surface area contributed by atoms with Gasteiger partial charge in [-0.05, 0) is 19.1 Å². The Balaban J connectivity index is 2.16. The fourth-order valence-corrected chi connectivity index (χ4v) is 1.64. The first-order chi connectivity index (χ1) is 9.32.